The summed E-state index contributed by atoms with van der Waals surface area (Å²) < 4.78 is 35.5. The third-order valence-corrected chi connectivity index (χ3v) is 19.0. The summed E-state index contributed by atoms with van der Waals surface area (Å²) in [5, 5.41) is 107. The number of hydrogen-bond donors (Lipinski definition) is 10. The molecule has 0 unspecified atom stereocenters. The number of carbonyl (C=O) groups is 1. The van der Waals surface area contributed by atoms with Crippen LogP contribution in [-0.4, -0.2) is 169 Å². The second-order valence-electron chi connectivity index (χ2n) is 22.8. The number of allylic oxidation sites excluding steroid dienone is 2. The first-order chi connectivity index (χ1) is 29.9. The predicted octanol–water partition coefficient (Wildman–Crippen LogP) is 0.780. The van der Waals surface area contributed by atoms with Crippen LogP contribution in [0.1, 0.15) is 113 Å². The fourth-order valence-corrected chi connectivity index (χ4v) is 14.7. The van der Waals surface area contributed by atoms with Gasteiger partial charge >= 0.3 is 5.97 Å². The van der Waals surface area contributed by atoms with Gasteiger partial charge in [-0.1, -0.05) is 53.2 Å². The molecule has 0 aromatic carbocycles. The monoisotopic (exact) mass is 913 g/mol. The van der Waals surface area contributed by atoms with E-state index in [-0.39, 0.29) is 52.6 Å². The zero-order chi connectivity index (χ0) is 46.7. The lowest BCUT2D eigenvalue weighted by Crippen LogP contribution is -2.67. The maximum absolute atomic E-state index is 14.6. The predicted molar refractivity (Wildman–Crippen MR) is 224 cm³/mol. The largest absolute Gasteiger partial charge is 0.432 e. The van der Waals surface area contributed by atoms with Crippen LogP contribution in [0.15, 0.2) is 11.6 Å². The van der Waals surface area contributed by atoms with Gasteiger partial charge in [-0.05, 0) is 111 Å². The molecule has 5 aliphatic carbocycles. The Kier molecular flexibility index (Phi) is 13.2. The first kappa shape index (κ1) is 49.0. The maximum Gasteiger partial charge on any atom is 0.315 e. The highest BCUT2D eigenvalue weighted by Gasteiger charge is 2.70. The average Bonchev–Trinajstić information content (AvgIpc) is 3.25. The number of esters is 1. The standard InChI is InChI=1S/C47H76O17/c1-22-30(51)32(53)35(56)39(60-22)64-41(58)47-16-14-42(2,3)18-24(47)23-8-9-28-43(4)12-11-29(44(5,21-49)27(43)10-13-46(28,7)45(23,6)15-17-47)62-40-36(57)33(54)37(26(19-48)61-40)63-38-34(55)31(52)25(50)20-59-38/h8,22,24-40,48-57H,9-21H2,1-7H3/t22-,24-,25-,26+,27+,28-,29-,30-,31-,32+,33+,34+,35+,36+,37+,38-,39-,40-,43-,44-,45+,46+,47-/m0/s1. The van der Waals surface area contributed by atoms with E-state index < -0.39 is 116 Å². The Hall–Kier alpha value is -1.39. The number of fused-ring (bicyclic) bond motifs is 7. The van der Waals surface area contributed by atoms with Crippen molar-refractivity contribution in [3.8, 4) is 0 Å². The maximum atomic E-state index is 14.6. The molecule has 0 spiro atoms. The number of hydrogen-bond acceptors (Lipinski definition) is 17. The van der Waals surface area contributed by atoms with E-state index in [1.807, 2.05) is 6.92 Å². The average molecular weight is 913 g/mol. The molecule has 7 fully saturated rings. The van der Waals surface area contributed by atoms with E-state index >= 15 is 0 Å². The fraction of sp³-hybridized carbons (Fsp3) is 0.936. The van der Waals surface area contributed by atoms with Crippen LogP contribution in [-0.2, 0) is 33.2 Å². The molecule has 8 rings (SSSR count). The van der Waals surface area contributed by atoms with Crippen LogP contribution < -0.4 is 0 Å². The highest BCUT2D eigenvalue weighted by atomic mass is 16.7. The summed E-state index contributed by atoms with van der Waals surface area (Å²) in [6.07, 6.45) is -11.0. The van der Waals surface area contributed by atoms with Gasteiger partial charge in [0.2, 0.25) is 6.29 Å². The molecule has 8 aliphatic rings. The number of ether oxygens (including phenoxy) is 6. The lowest BCUT2D eigenvalue weighted by atomic mass is 9.33. The van der Waals surface area contributed by atoms with Crippen molar-refractivity contribution in [1.29, 1.82) is 0 Å². The Morgan fingerprint density at radius 2 is 1.39 bits per heavy atom. The van der Waals surface area contributed by atoms with Gasteiger partial charge in [0.1, 0.15) is 61.0 Å². The quantitative estimate of drug-likeness (QED) is 0.0916. The molecule has 10 N–H and O–H groups in total. The van der Waals surface area contributed by atoms with Crippen molar-refractivity contribution in [3.05, 3.63) is 11.6 Å². The first-order valence-electron chi connectivity index (χ1n) is 23.7. The van der Waals surface area contributed by atoms with Gasteiger partial charge in [0.25, 0.3) is 0 Å². The van der Waals surface area contributed by atoms with E-state index in [1.165, 1.54) is 5.57 Å². The van der Waals surface area contributed by atoms with Crippen LogP contribution in [0.2, 0.25) is 0 Å². The zero-order valence-corrected chi connectivity index (χ0v) is 38.5. The summed E-state index contributed by atoms with van der Waals surface area (Å²) in [6.45, 7) is 14.1. The fourth-order valence-electron chi connectivity index (χ4n) is 14.7. The molecular formula is C47H76O17. The van der Waals surface area contributed by atoms with Gasteiger partial charge in [-0.3, -0.25) is 4.79 Å². The summed E-state index contributed by atoms with van der Waals surface area (Å²) in [7, 11) is 0. The normalized spacial score (nSPS) is 54.9. The minimum absolute atomic E-state index is 0.00748. The van der Waals surface area contributed by atoms with Crippen LogP contribution in [0, 0.1) is 50.2 Å². The van der Waals surface area contributed by atoms with Crippen LogP contribution in [0.4, 0.5) is 0 Å². The molecule has 17 heteroatoms. The SMILES string of the molecule is C[C@@H]1O[C@@H](OC(=O)[C@]23CCC(C)(C)C[C@H]2C2=CC[C@H]4[C@@]5(C)CC[C@H](O[C@@H]6O[C@H](CO)[C@@H](O[C@@H]7OC[C@H](O)[C@H](O)[C@H]7O)[C@H](O)[C@H]6O)[C@@](C)(CO)[C@@H]5CC[C@@]4(C)[C@]2(C)CC3)[C@H](O)[C@H](O)[C@H]1O. The van der Waals surface area contributed by atoms with Gasteiger partial charge in [-0.25, -0.2) is 0 Å². The van der Waals surface area contributed by atoms with Crippen molar-refractivity contribution in [2.24, 2.45) is 50.2 Å². The van der Waals surface area contributed by atoms with Crippen molar-refractivity contribution >= 4 is 5.97 Å². The molecule has 17 nitrogen and oxygen atoms in total. The summed E-state index contributed by atoms with van der Waals surface area (Å²) in [5.41, 5.74) is -1.08. The van der Waals surface area contributed by atoms with Crippen molar-refractivity contribution in [2.45, 2.75) is 205 Å². The molecule has 4 saturated carbocycles. The van der Waals surface area contributed by atoms with E-state index in [9.17, 15) is 55.9 Å². The van der Waals surface area contributed by atoms with Crippen molar-refractivity contribution in [1.82, 2.24) is 0 Å². The van der Waals surface area contributed by atoms with E-state index in [0.29, 0.717) is 19.3 Å². The molecule has 3 saturated heterocycles. The lowest BCUT2D eigenvalue weighted by Gasteiger charge is -2.71. The molecule has 23 atom stereocenters. The van der Waals surface area contributed by atoms with Gasteiger partial charge in [0.15, 0.2) is 12.6 Å². The molecule has 366 valence electrons. The topological polar surface area (TPSA) is 275 Å². The smallest absolute Gasteiger partial charge is 0.315 e. The van der Waals surface area contributed by atoms with Gasteiger partial charge in [0, 0.05) is 5.41 Å². The van der Waals surface area contributed by atoms with Gasteiger partial charge in [0.05, 0.1) is 37.4 Å². The molecule has 0 aromatic heterocycles. The van der Waals surface area contributed by atoms with Crippen molar-refractivity contribution in [2.75, 3.05) is 19.8 Å². The van der Waals surface area contributed by atoms with Crippen molar-refractivity contribution < 1.29 is 84.3 Å². The minimum Gasteiger partial charge on any atom is -0.432 e. The van der Waals surface area contributed by atoms with Gasteiger partial charge < -0.3 is 79.5 Å². The Balaban J connectivity index is 1.02. The van der Waals surface area contributed by atoms with Crippen molar-refractivity contribution in [3.63, 3.8) is 0 Å². The van der Waals surface area contributed by atoms with E-state index in [1.54, 1.807) is 6.92 Å². The van der Waals surface area contributed by atoms with Crippen LogP contribution >= 0.6 is 0 Å². The van der Waals surface area contributed by atoms with Gasteiger partial charge in [-0.2, -0.15) is 0 Å². The summed E-state index contributed by atoms with van der Waals surface area (Å²) in [4.78, 5) is 14.6. The number of carbonyl (C=O) groups excluding carboxylic acids is 1. The van der Waals surface area contributed by atoms with E-state index in [0.717, 1.165) is 44.9 Å². The first-order valence-corrected chi connectivity index (χ1v) is 23.7. The van der Waals surface area contributed by atoms with Crippen LogP contribution in [0.5, 0.6) is 0 Å². The molecule has 0 bridgehead atoms. The number of aliphatic hydroxyl groups excluding tert-OH is 10. The third kappa shape index (κ3) is 7.49. The Morgan fingerprint density at radius 3 is 2.08 bits per heavy atom. The molecule has 3 heterocycles. The molecule has 0 aromatic rings. The summed E-state index contributed by atoms with van der Waals surface area (Å²) in [6, 6.07) is 0. The third-order valence-electron chi connectivity index (χ3n) is 19.0. The highest BCUT2D eigenvalue weighted by Crippen LogP contribution is 2.76. The molecule has 3 aliphatic heterocycles. The summed E-state index contributed by atoms with van der Waals surface area (Å²) in [5.74, 6) is -0.341. The molecule has 0 radical (unpaired) electrons. The second kappa shape index (κ2) is 17.2. The zero-order valence-electron chi connectivity index (χ0n) is 38.5. The van der Waals surface area contributed by atoms with Crippen LogP contribution in [0.25, 0.3) is 0 Å². The molecule has 64 heavy (non-hydrogen) atoms. The van der Waals surface area contributed by atoms with E-state index in [2.05, 4.69) is 40.7 Å². The van der Waals surface area contributed by atoms with Gasteiger partial charge in [-0.15, -0.1) is 0 Å². The Bertz CT molecular complexity index is 1750. The minimum atomic E-state index is -1.67. The van der Waals surface area contributed by atoms with Crippen LogP contribution in [0.3, 0.4) is 0 Å². The lowest BCUT2D eigenvalue weighted by molar-refractivity contribution is -0.362. The Labute approximate surface area is 376 Å². The number of rotatable bonds is 8. The molecule has 0 amide bonds. The molecular weight excluding hydrogens is 836 g/mol. The summed E-state index contributed by atoms with van der Waals surface area (Å²) >= 11 is 0. The number of aliphatic hydroxyl groups is 10. The van der Waals surface area contributed by atoms with E-state index in [4.69, 9.17) is 28.4 Å². The second-order valence-corrected chi connectivity index (χ2v) is 22.8. The Morgan fingerprint density at radius 1 is 0.719 bits per heavy atom. The highest BCUT2D eigenvalue weighted by molar-refractivity contribution is 5.79.